The van der Waals surface area contributed by atoms with E-state index in [9.17, 15) is 9.59 Å². The van der Waals surface area contributed by atoms with Crippen LogP contribution in [0.25, 0.3) is 0 Å². The number of alkyl halides is 4. The van der Waals surface area contributed by atoms with Gasteiger partial charge in [-0.1, -0.05) is 90.4 Å². The highest BCUT2D eigenvalue weighted by Gasteiger charge is 2.24. The van der Waals surface area contributed by atoms with Crippen molar-refractivity contribution in [2.45, 2.75) is 9.97 Å². The van der Waals surface area contributed by atoms with E-state index in [1.807, 2.05) is 90.4 Å². The van der Waals surface area contributed by atoms with Crippen molar-refractivity contribution in [3.63, 3.8) is 0 Å². The van der Waals surface area contributed by atoms with Crippen LogP contribution in [0.15, 0.2) is 0 Å². The minimum absolute atomic E-state index is 0.0877. The van der Waals surface area contributed by atoms with Crippen LogP contribution in [0.4, 0.5) is 0 Å². The van der Waals surface area contributed by atoms with Gasteiger partial charge in [-0.3, -0.25) is 14.5 Å². The van der Waals surface area contributed by atoms with E-state index < -0.39 is 6.10 Å². The van der Waals surface area contributed by atoms with E-state index in [0.29, 0.717) is 19.8 Å². The molecule has 0 aromatic heterocycles. The van der Waals surface area contributed by atoms with Gasteiger partial charge in [0.05, 0.1) is 13.2 Å². The molecule has 0 aliphatic carbocycles. The predicted molar refractivity (Wildman–Crippen MR) is 112 cm³/mol. The van der Waals surface area contributed by atoms with Crippen molar-refractivity contribution < 1.29 is 23.8 Å². The number of esters is 2. The quantitative estimate of drug-likeness (QED) is 0.226. The van der Waals surface area contributed by atoms with Gasteiger partial charge in [0.15, 0.2) is 3.86 Å². The summed E-state index contributed by atoms with van der Waals surface area (Å²) in [5, 5.41) is 0. The third-order valence-electron chi connectivity index (χ3n) is 2.62. The Labute approximate surface area is 178 Å². The topological polar surface area (TPSA) is 65.1 Å². The number of ether oxygens (including phenoxy) is 3. The van der Waals surface area contributed by atoms with E-state index in [1.54, 1.807) is 0 Å². The number of halogens is 4. The first kappa shape index (κ1) is 20.8. The van der Waals surface area contributed by atoms with Crippen LogP contribution in [0.2, 0.25) is 0 Å². The molecule has 1 fully saturated rings. The van der Waals surface area contributed by atoms with Crippen molar-refractivity contribution in [1.29, 1.82) is 0 Å². The zero-order valence-electron chi connectivity index (χ0n) is 11.0. The van der Waals surface area contributed by atoms with E-state index in [0.717, 1.165) is 13.1 Å². The van der Waals surface area contributed by atoms with E-state index in [-0.39, 0.29) is 22.4 Å². The summed E-state index contributed by atoms with van der Waals surface area (Å²) in [5.41, 5.74) is 0. The van der Waals surface area contributed by atoms with Gasteiger partial charge in [-0.25, -0.2) is 0 Å². The molecule has 0 N–H and O–H groups in total. The fraction of sp³-hybridized carbons (Fsp3) is 0.818. The van der Waals surface area contributed by atoms with E-state index in [2.05, 4.69) is 4.90 Å². The van der Waals surface area contributed by atoms with Crippen molar-refractivity contribution in [2.75, 3.05) is 39.5 Å². The second kappa shape index (κ2) is 11.4. The number of hydrogen-bond donors (Lipinski definition) is 0. The second-order valence-corrected chi connectivity index (χ2v) is 14.0. The van der Waals surface area contributed by atoms with Crippen LogP contribution in [-0.4, -0.2) is 66.3 Å². The van der Waals surface area contributed by atoms with E-state index >= 15 is 0 Å². The molecule has 10 heteroatoms. The van der Waals surface area contributed by atoms with Crippen LogP contribution in [0, 0.1) is 0 Å². The molecule has 1 atom stereocenters. The molecule has 0 spiro atoms. The monoisotopic (exact) mass is 749 g/mol. The summed E-state index contributed by atoms with van der Waals surface area (Å²) in [5.74, 6) is -0.606. The Balaban J connectivity index is 2.51. The highest BCUT2D eigenvalue weighted by molar-refractivity contribution is 14.2. The maximum Gasteiger partial charge on any atom is 0.329 e. The molecular weight excluding hydrogens is 734 g/mol. The maximum absolute atomic E-state index is 11.7. The average molecular weight is 749 g/mol. The largest absolute Gasteiger partial charge is 0.460 e. The Hall–Kier alpha value is 1.78. The van der Waals surface area contributed by atoms with E-state index in [1.165, 1.54) is 0 Å². The lowest BCUT2D eigenvalue weighted by Crippen LogP contribution is -2.44. The van der Waals surface area contributed by atoms with Crippen LogP contribution < -0.4 is 0 Å². The first-order valence-electron chi connectivity index (χ1n) is 6.13. The van der Waals surface area contributed by atoms with Gasteiger partial charge in [-0.15, -0.1) is 0 Å². The van der Waals surface area contributed by atoms with Crippen molar-refractivity contribution in [3.8, 4) is 0 Å². The molecule has 1 unspecified atom stereocenters. The Bertz CT molecular complexity index is 350. The van der Waals surface area contributed by atoms with E-state index in [4.69, 9.17) is 14.2 Å². The van der Waals surface area contributed by atoms with Crippen LogP contribution in [-0.2, 0) is 23.8 Å². The molecule has 1 heterocycles. The number of hydrogen-bond acceptors (Lipinski definition) is 6. The second-order valence-electron chi connectivity index (χ2n) is 4.20. The zero-order chi connectivity index (χ0) is 15.8. The molecule has 21 heavy (non-hydrogen) atoms. The van der Waals surface area contributed by atoms with Crippen LogP contribution in [0.3, 0.4) is 0 Å². The highest BCUT2D eigenvalue weighted by atomic mass is 127. The molecule has 0 aromatic rings. The standard InChI is InChI=1S/C11H15I4NO5/c12-8(13)10(17)20-6-7(21-11(18)9(14)15)5-16-1-3-19-4-2-16/h7-9H,1-6H2. The number of carbonyl (C=O) groups is 2. The summed E-state index contributed by atoms with van der Waals surface area (Å²) in [6.07, 6.45) is -0.446. The molecular formula is C11H15I4NO5. The lowest BCUT2D eigenvalue weighted by Gasteiger charge is -2.30. The molecule has 1 aliphatic rings. The van der Waals surface area contributed by atoms with Gasteiger partial charge in [0, 0.05) is 19.6 Å². The lowest BCUT2D eigenvalue weighted by atomic mass is 10.3. The molecule has 0 saturated carbocycles. The Morgan fingerprint density at radius 2 is 1.62 bits per heavy atom. The smallest absolute Gasteiger partial charge is 0.329 e. The predicted octanol–water partition coefficient (Wildman–Crippen LogP) is 2.17. The van der Waals surface area contributed by atoms with Crippen molar-refractivity contribution >= 4 is 102 Å². The highest BCUT2D eigenvalue weighted by Crippen LogP contribution is 2.15. The minimum Gasteiger partial charge on any atom is -0.460 e. The molecule has 0 bridgehead atoms. The summed E-state index contributed by atoms with van der Waals surface area (Å²) in [4.78, 5) is 25.4. The molecule has 0 aromatic carbocycles. The summed E-state index contributed by atoms with van der Waals surface area (Å²) < 4.78 is 15.4. The number of carbonyl (C=O) groups excluding carboxylic acids is 2. The van der Waals surface area contributed by atoms with Crippen LogP contribution in [0.1, 0.15) is 0 Å². The first-order valence-corrected chi connectivity index (χ1v) is 11.1. The molecule has 0 amide bonds. The molecule has 1 aliphatic heterocycles. The Morgan fingerprint density at radius 3 is 2.14 bits per heavy atom. The summed E-state index contributed by atoms with van der Waals surface area (Å²) in [6.45, 7) is 3.57. The number of morpholine rings is 1. The first-order chi connectivity index (χ1) is 9.90. The molecule has 0 radical (unpaired) electrons. The van der Waals surface area contributed by atoms with Crippen molar-refractivity contribution in [1.82, 2.24) is 4.90 Å². The number of nitrogens with zero attached hydrogens (tertiary/aromatic N) is 1. The van der Waals surface area contributed by atoms with Gasteiger partial charge in [0.2, 0.25) is 0 Å². The van der Waals surface area contributed by atoms with Gasteiger partial charge in [-0.05, 0) is 0 Å². The van der Waals surface area contributed by atoms with Gasteiger partial charge in [-0.2, -0.15) is 0 Å². The van der Waals surface area contributed by atoms with Gasteiger partial charge in [0.1, 0.15) is 12.7 Å². The Kier molecular flexibility index (Phi) is 11.3. The van der Waals surface area contributed by atoms with Crippen LogP contribution in [0.5, 0.6) is 0 Å². The lowest BCUT2D eigenvalue weighted by molar-refractivity contribution is -0.157. The maximum atomic E-state index is 11.7. The average Bonchev–Trinajstić information content (AvgIpc) is 2.45. The zero-order valence-corrected chi connectivity index (χ0v) is 19.6. The van der Waals surface area contributed by atoms with Crippen molar-refractivity contribution in [2.24, 2.45) is 0 Å². The summed E-state index contributed by atoms with van der Waals surface area (Å²) in [7, 11) is 0. The normalized spacial score (nSPS) is 17.8. The Morgan fingerprint density at radius 1 is 1.05 bits per heavy atom. The third kappa shape index (κ3) is 8.99. The number of rotatable bonds is 7. The minimum atomic E-state index is -0.446. The van der Waals surface area contributed by atoms with Crippen molar-refractivity contribution in [3.05, 3.63) is 0 Å². The fourth-order valence-electron chi connectivity index (χ4n) is 1.65. The third-order valence-corrected chi connectivity index (χ3v) is 4.65. The van der Waals surface area contributed by atoms with Crippen LogP contribution >= 0.6 is 90.4 Å². The summed E-state index contributed by atoms with van der Waals surface area (Å²) in [6, 6.07) is 0. The molecule has 1 saturated heterocycles. The molecule has 6 nitrogen and oxygen atoms in total. The molecule has 122 valence electrons. The SMILES string of the molecule is O=C(OCC(CN1CCOCC1)OC(=O)C(I)I)C(I)I. The fourth-order valence-corrected chi connectivity index (χ4v) is 2.30. The summed E-state index contributed by atoms with van der Waals surface area (Å²) >= 11 is 7.95. The van der Waals surface area contributed by atoms with Gasteiger partial charge >= 0.3 is 11.9 Å². The van der Waals surface area contributed by atoms with Gasteiger partial charge in [0.25, 0.3) is 0 Å². The molecule has 1 rings (SSSR count). The van der Waals surface area contributed by atoms with Gasteiger partial charge < -0.3 is 14.2 Å².